The Hall–Kier alpha value is -1.70. The van der Waals surface area contributed by atoms with E-state index < -0.39 is 0 Å². The zero-order chi connectivity index (χ0) is 17.1. The van der Waals surface area contributed by atoms with Crippen LogP contribution in [-0.4, -0.2) is 17.5 Å². The first kappa shape index (κ1) is 17.1. The molecule has 1 amide bonds. The van der Waals surface area contributed by atoms with Crippen molar-refractivity contribution >= 4 is 49.6 Å². The molecule has 0 aliphatic rings. The van der Waals surface area contributed by atoms with Crippen LogP contribution in [0.2, 0.25) is 0 Å². The number of hydrogen-bond acceptors (Lipinski definition) is 5. The molecule has 0 spiro atoms. The van der Waals surface area contributed by atoms with Crippen LogP contribution in [0, 0.1) is 13.8 Å². The smallest absolute Gasteiger partial charge is 0.264 e. The quantitative estimate of drug-likeness (QED) is 0.609. The van der Waals surface area contributed by atoms with E-state index in [1.54, 1.807) is 11.3 Å². The number of thiophene rings is 1. The number of ether oxygens (including phenoxy) is 1. The Balaban J connectivity index is 1.59. The number of aromatic nitrogens is 1. The van der Waals surface area contributed by atoms with E-state index in [1.165, 1.54) is 11.3 Å². The predicted octanol–water partition coefficient (Wildman–Crippen LogP) is 5.27. The van der Waals surface area contributed by atoms with E-state index in [4.69, 9.17) is 4.74 Å². The highest BCUT2D eigenvalue weighted by Crippen LogP contribution is 2.33. The first-order valence-corrected chi connectivity index (χ1v) is 9.71. The van der Waals surface area contributed by atoms with Crippen LogP contribution in [0.4, 0.5) is 5.13 Å². The lowest BCUT2D eigenvalue weighted by Crippen LogP contribution is -2.20. The second-order valence-corrected chi connectivity index (χ2v) is 8.57. The Labute approximate surface area is 156 Å². The average molecular weight is 423 g/mol. The van der Waals surface area contributed by atoms with Gasteiger partial charge in [-0.05, 0) is 59.1 Å². The van der Waals surface area contributed by atoms with Crippen LogP contribution < -0.4 is 10.1 Å². The number of carbonyl (C=O) groups is 1. The Bertz CT molecular complexity index is 873. The molecule has 0 unspecified atom stereocenters. The minimum Gasteiger partial charge on any atom is -0.483 e. The van der Waals surface area contributed by atoms with Gasteiger partial charge in [0.05, 0.1) is 14.4 Å². The molecular formula is C17H15BrN2O2S2. The van der Waals surface area contributed by atoms with Crippen molar-refractivity contribution in [2.24, 2.45) is 0 Å². The molecule has 1 N–H and O–H groups in total. The normalized spacial score (nSPS) is 10.6. The van der Waals surface area contributed by atoms with E-state index >= 15 is 0 Å². The van der Waals surface area contributed by atoms with Gasteiger partial charge in [0, 0.05) is 5.38 Å². The van der Waals surface area contributed by atoms with Gasteiger partial charge in [-0.3, -0.25) is 10.1 Å². The fraction of sp³-hybridized carbons (Fsp3) is 0.176. The topological polar surface area (TPSA) is 51.2 Å². The van der Waals surface area contributed by atoms with Crippen molar-refractivity contribution in [1.29, 1.82) is 0 Å². The molecule has 0 aliphatic heterocycles. The number of carbonyl (C=O) groups excluding carboxylic acids is 1. The van der Waals surface area contributed by atoms with E-state index in [0.717, 1.165) is 31.2 Å². The maximum Gasteiger partial charge on any atom is 0.264 e. The van der Waals surface area contributed by atoms with Crippen molar-refractivity contribution in [2.45, 2.75) is 13.8 Å². The molecule has 3 rings (SSSR count). The van der Waals surface area contributed by atoms with Gasteiger partial charge in [-0.15, -0.1) is 22.7 Å². The molecule has 24 heavy (non-hydrogen) atoms. The van der Waals surface area contributed by atoms with Crippen LogP contribution in [0.15, 0.2) is 39.5 Å². The summed E-state index contributed by atoms with van der Waals surface area (Å²) in [4.78, 5) is 17.6. The summed E-state index contributed by atoms with van der Waals surface area (Å²) < 4.78 is 6.66. The molecule has 2 heterocycles. The third kappa shape index (κ3) is 4.23. The number of anilines is 1. The van der Waals surface area contributed by atoms with Gasteiger partial charge < -0.3 is 4.74 Å². The maximum absolute atomic E-state index is 12.1. The number of hydrogen-bond donors (Lipinski definition) is 1. The summed E-state index contributed by atoms with van der Waals surface area (Å²) in [6.45, 7) is 3.91. The number of aryl methyl sites for hydroxylation is 2. The van der Waals surface area contributed by atoms with Crippen LogP contribution in [0.5, 0.6) is 5.75 Å². The van der Waals surface area contributed by atoms with Crippen molar-refractivity contribution in [2.75, 3.05) is 11.9 Å². The fourth-order valence-corrected chi connectivity index (χ4v) is 4.21. The highest BCUT2D eigenvalue weighted by atomic mass is 79.9. The summed E-state index contributed by atoms with van der Waals surface area (Å²) in [5.41, 5.74) is 2.97. The summed E-state index contributed by atoms with van der Waals surface area (Å²) in [6.07, 6.45) is 0. The summed E-state index contributed by atoms with van der Waals surface area (Å²) in [7, 11) is 0. The van der Waals surface area contributed by atoms with Gasteiger partial charge in [0.2, 0.25) is 0 Å². The average Bonchev–Trinajstić information content (AvgIpc) is 3.17. The van der Waals surface area contributed by atoms with Gasteiger partial charge in [0.15, 0.2) is 11.7 Å². The molecule has 0 bridgehead atoms. The highest BCUT2D eigenvalue weighted by molar-refractivity contribution is 9.11. The number of thiazole rings is 1. The summed E-state index contributed by atoms with van der Waals surface area (Å²) in [5.74, 6) is 0.512. The summed E-state index contributed by atoms with van der Waals surface area (Å²) >= 11 is 6.45. The molecule has 7 heteroatoms. The Morgan fingerprint density at radius 1 is 1.29 bits per heavy atom. The van der Waals surface area contributed by atoms with Gasteiger partial charge in [-0.2, -0.15) is 0 Å². The second-order valence-electron chi connectivity index (χ2n) is 5.25. The van der Waals surface area contributed by atoms with E-state index in [2.05, 4.69) is 26.2 Å². The lowest BCUT2D eigenvalue weighted by atomic mass is 10.1. The number of nitrogens with one attached hydrogen (secondary N) is 1. The van der Waals surface area contributed by atoms with Gasteiger partial charge >= 0.3 is 0 Å². The number of halogens is 1. The molecule has 0 aliphatic carbocycles. The molecule has 0 atom stereocenters. The van der Waals surface area contributed by atoms with Crippen molar-refractivity contribution < 1.29 is 9.53 Å². The van der Waals surface area contributed by atoms with Crippen LogP contribution >= 0.6 is 38.6 Å². The summed E-state index contributed by atoms with van der Waals surface area (Å²) in [6, 6.07) is 9.91. The zero-order valence-electron chi connectivity index (χ0n) is 13.1. The number of rotatable bonds is 5. The lowest BCUT2D eigenvalue weighted by Gasteiger charge is -2.09. The molecule has 4 nitrogen and oxygen atoms in total. The molecular weight excluding hydrogens is 408 g/mol. The molecule has 2 aromatic heterocycles. The molecule has 3 aromatic rings. The third-order valence-corrected chi connectivity index (χ3v) is 5.68. The van der Waals surface area contributed by atoms with Crippen molar-refractivity contribution in [3.05, 3.63) is 50.6 Å². The van der Waals surface area contributed by atoms with Crippen LogP contribution in [0.25, 0.3) is 10.6 Å². The number of benzene rings is 1. The van der Waals surface area contributed by atoms with E-state index in [1.807, 2.05) is 49.6 Å². The fourth-order valence-electron chi connectivity index (χ4n) is 2.06. The van der Waals surface area contributed by atoms with Crippen molar-refractivity contribution in [3.63, 3.8) is 0 Å². The van der Waals surface area contributed by atoms with Crippen LogP contribution in [0.1, 0.15) is 11.1 Å². The van der Waals surface area contributed by atoms with E-state index in [-0.39, 0.29) is 12.5 Å². The van der Waals surface area contributed by atoms with Gasteiger partial charge in [0.25, 0.3) is 5.91 Å². The minimum absolute atomic E-state index is 0.0379. The SMILES string of the molecule is Cc1ccc(C)c(OCC(=O)Nc2nc(-c3ccc(Br)s3)cs2)c1. The minimum atomic E-state index is -0.218. The molecule has 0 saturated carbocycles. The molecule has 0 fully saturated rings. The summed E-state index contributed by atoms with van der Waals surface area (Å²) in [5, 5.41) is 5.28. The number of amides is 1. The van der Waals surface area contributed by atoms with Crippen LogP contribution in [-0.2, 0) is 4.79 Å². The Kier molecular flexibility index (Phi) is 5.33. The standard InChI is InChI=1S/C17H15BrN2O2S2/c1-10-3-4-11(2)13(7-10)22-8-16(21)20-17-19-12(9-23-17)14-5-6-15(18)24-14/h3-7,9H,8H2,1-2H3,(H,19,20,21). The monoisotopic (exact) mass is 422 g/mol. The molecule has 0 radical (unpaired) electrons. The first-order valence-electron chi connectivity index (χ1n) is 7.22. The molecule has 1 aromatic carbocycles. The highest BCUT2D eigenvalue weighted by Gasteiger charge is 2.10. The van der Waals surface area contributed by atoms with Gasteiger partial charge in [-0.25, -0.2) is 4.98 Å². The predicted molar refractivity (Wildman–Crippen MR) is 103 cm³/mol. The first-order chi connectivity index (χ1) is 11.5. The molecule has 124 valence electrons. The third-order valence-electron chi connectivity index (χ3n) is 3.28. The Morgan fingerprint density at radius 2 is 2.12 bits per heavy atom. The second kappa shape index (κ2) is 7.46. The largest absolute Gasteiger partial charge is 0.483 e. The number of nitrogens with zero attached hydrogens (tertiary/aromatic N) is 1. The van der Waals surface area contributed by atoms with Crippen LogP contribution in [0.3, 0.4) is 0 Å². The zero-order valence-corrected chi connectivity index (χ0v) is 16.3. The lowest BCUT2D eigenvalue weighted by molar-refractivity contribution is -0.118. The van der Waals surface area contributed by atoms with E-state index in [9.17, 15) is 4.79 Å². The van der Waals surface area contributed by atoms with Gasteiger partial charge in [0.1, 0.15) is 5.75 Å². The maximum atomic E-state index is 12.1. The van der Waals surface area contributed by atoms with Crippen molar-refractivity contribution in [3.8, 4) is 16.3 Å². The van der Waals surface area contributed by atoms with Gasteiger partial charge in [-0.1, -0.05) is 12.1 Å². The van der Waals surface area contributed by atoms with Crippen molar-refractivity contribution in [1.82, 2.24) is 4.98 Å². The Morgan fingerprint density at radius 3 is 2.88 bits per heavy atom. The molecule has 0 saturated heterocycles. The van der Waals surface area contributed by atoms with E-state index in [0.29, 0.717) is 5.13 Å².